The van der Waals surface area contributed by atoms with Crippen molar-refractivity contribution in [2.75, 3.05) is 0 Å². The number of benzene rings is 1. The van der Waals surface area contributed by atoms with Crippen LogP contribution in [0.5, 0.6) is 0 Å². The zero-order valence-corrected chi connectivity index (χ0v) is 8.51. The van der Waals surface area contributed by atoms with E-state index >= 15 is 0 Å². The van der Waals surface area contributed by atoms with E-state index in [4.69, 9.17) is 23.2 Å². The third kappa shape index (κ3) is 1.47. The molecule has 0 fully saturated rings. The molecule has 70 valence electrons. The average Bonchev–Trinajstić information content (AvgIpc) is 2.16. The summed E-state index contributed by atoms with van der Waals surface area (Å²) < 4.78 is 0. The van der Waals surface area contributed by atoms with Crippen molar-refractivity contribution in [2.45, 2.75) is 0 Å². The van der Waals surface area contributed by atoms with Gasteiger partial charge in [-0.15, -0.1) is 0 Å². The number of carbonyl (C=O) groups is 1. The molecule has 1 heterocycles. The number of carbonyl (C=O) groups excluding carboxylic acids is 1. The van der Waals surface area contributed by atoms with Gasteiger partial charge in [-0.3, -0.25) is 9.78 Å². The molecule has 1 aromatic heterocycles. The van der Waals surface area contributed by atoms with E-state index in [1.54, 1.807) is 18.3 Å². The van der Waals surface area contributed by atoms with E-state index < -0.39 is 0 Å². The maximum absolute atomic E-state index is 10.7. The molecule has 14 heavy (non-hydrogen) atoms. The number of fused-ring (bicyclic) bond motifs is 1. The first-order chi connectivity index (χ1) is 6.72. The van der Waals surface area contributed by atoms with Crippen LogP contribution in [-0.4, -0.2) is 11.3 Å². The first kappa shape index (κ1) is 9.44. The molecule has 0 spiro atoms. The van der Waals surface area contributed by atoms with Crippen molar-refractivity contribution >= 4 is 40.3 Å². The minimum absolute atomic E-state index is 0.469. The number of hydrogen-bond donors (Lipinski definition) is 0. The minimum Gasteiger partial charge on any atom is -0.298 e. The number of hydrogen-bond acceptors (Lipinski definition) is 2. The number of halogens is 2. The maximum Gasteiger partial charge on any atom is 0.152 e. The van der Waals surface area contributed by atoms with Gasteiger partial charge in [0.15, 0.2) is 6.29 Å². The summed E-state index contributed by atoms with van der Waals surface area (Å²) in [5, 5.41) is 2.47. The molecule has 1 aromatic carbocycles. The Morgan fingerprint density at radius 3 is 2.71 bits per heavy atom. The van der Waals surface area contributed by atoms with Crippen molar-refractivity contribution in [1.82, 2.24) is 4.98 Å². The predicted octanol–water partition coefficient (Wildman–Crippen LogP) is 3.35. The molecule has 2 aromatic rings. The van der Waals surface area contributed by atoms with Crippen LogP contribution in [0.15, 0.2) is 24.5 Å². The Morgan fingerprint density at radius 2 is 2.00 bits per heavy atom. The highest BCUT2D eigenvalue weighted by molar-refractivity contribution is 6.39. The van der Waals surface area contributed by atoms with Crippen LogP contribution >= 0.6 is 23.2 Å². The summed E-state index contributed by atoms with van der Waals surface area (Å²) in [6.07, 6.45) is 3.84. The van der Waals surface area contributed by atoms with Gasteiger partial charge in [0.25, 0.3) is 0 Å². The van der Waals surface area contributed by atoms with Gasteiger partial charge in [-0.1, -0.05) is 23.2 Å². The first-order valence-corrected chi connectivity index (χ1v) is 4.66. The largest absolute Gasteiger partial charge is 0.298 e. The SMILES string of the molecule is O=Cc1cncc2cc(Cl)cc(Cl)c12. The summed E-state index contributed by atoms with van der Waals surface area (Å²) in [6.45, 7) is 0. The second-order valence-electron chi connectivity index (χ2n) is 2.83. The molecular formula is C10H5Cl2NO. The van der Waals surface area contributed by atoms with Crippen LogP contribution in [0.4, 0.5) is 0 Å². The fraction of sp³-hybridized carbons (Fsp3) is 0. The van der Waals surface area contributed by atoms with Crippen LogP contribution in [-0.2, 0) is 0 Å². The molecule has 0 saturated carbocycles. The molecule has 0 atom stereocenters. The molecule has 4 heteroatoms. The summed E-state index contributed by atoms with van der Waals surface area (Å²) in [7, 11) is 0. The van der Waals surface area contributed by atoms with Gasteiger partial charge in [-0.25, -0.2) is 0 Å². The second kappa shape index (κ2) is 3.56. The Morgan fingerprint density at radius 1 is 1.21 bits per heavy atom. The zero-order valence-electron chi connectivity index (χ0n) is 7.00. The molecule has 2 nitrogen and oxygen atoms in total. The minimum atomic E-state index is 0.469. The van der Waals surface area contributed by atoms with Crippen molar-refractivity contribution < 1.29 is 4.79 Å². The highest BCUT2D eigenvalue weighted by atomic mass is 35.5. The normalized spacial score (nSPS) is 10.4. The van der Waals surface area contributed by atoms with Crippen molar-refractivity contribution in [3.05, 3.63) is 40.1 Å². The van der Waals surface area contributed by atoms with E-state index in [9.17, 15) is 4.79 Å². The number of nitrogens with zero attached hydrogens (tertiary/aromatic N) is 1. The van der Waals surface area contributed by atoms with E-state index in [0.29, 0.717) is 21.0 Å². The molecule has 0 saturated heterocycles. The van der Waals surface area contributed by atoms with Gasteiger partial charge < -0.3 is 0 Å². The van der Waals surface area contributed by atoms with Gasteiger partial charge in [0.1, 0.15) is 0 Å². The lowest BCUT2D eigenvalue weighted by atomic mass is 10.1. The average molecular weight is 226 g/mol. The van der Waals surface area contributed by atoms with Crippen LogP contribution in [0.25, 0.3) is 10.8 Å². The topological polar surface area (TPSA) is 30.0 Å². The molecule has 0 aliphatic heterocycles. The standard InChI is InChI=1S/C10H5Cl2NO/c11-8-1-6-3-13-4-7(5-14)10(6)9(12)2-8/h1-5H. The van der Waals surface area contributed by atoms with Gasteiger partial charge in [-0.2, -0.15) is 0 Å². The molecule has 2 rings (SSSR count). The zero-order chi connectivity index (χ0) is 10.1. The first-order valence-electron chi connectivity index (χ1n) is 3.90. The van der Waals surface area contributed by atoms with E-state index in [0.717, 1.165) is 11.7 Å². The van der Waals surface area contributed by atoms with Crippen LogP contribution in [0.1, 0.15) is 10.4 Å². The van der Waals surface area contributed by atoms with Gasteiger partial charge >= 0.3 is 0 Å². The Labute approximate surface area is 90.5 Å². The Kier molecular flexibility index (Phi) is 2.40. The third-order valence-corrected chi connectivity index (χ3v) is 2.44. The fourth-order valence-corrected chi connectivity index (χ4v) is 1.97. The van der Waals surface area contributed by atoms with Crippen molar-refractivity contribution in [3.8, 4) is 0 Å². The lowest BCUT2D eigenvalue weighted by Gasteiger charge is -2.03. The Bertz CT molecular complexity index is 511. The number of rotatable bonds is 1. The molecule has 0 bridgehead atoms. The summed E-state index contributed by atoms with van der Waals surface area (Å²) in [6, 6.07) is 3.33. The van der Waals surface area contributed by atoms with E-state index in [1.165, 1.54) is 6.20 Å². The van der Waals surface area contributed by atoms with Gasteiger partial charge in [0.2, 0.25) is 0 Å². The molecule has 0 radical (unpaired) electrons. The highest BCUT2D eigenvalue weighted by Crippen LogP contribution is 2.29. The monoisotopic (exact) mass is 225 g/mol. The molecule has 0 N–H and O–H groups in total. The fourth-order valence-electron chi connectivity index (χ4n) is 1.35. The molecule has 0 amide bonds. The van der Waals surface area contributed by atoms with Crippen molar-refractivity contribution in [3.63, 3.8) is 0 Å². The number of pyridine rings is 1. The quantitative estimate of drug-likeness (QED) is 0.698. The van der Waals surface area contributed by atoms with E-state index in [1.807, 2.05) is 0 Å². The van der Waals surface area contributed by atoms with Crippen molar-refractivity contribution in [1.29, 1.82) is 0 Å². The molecule has 0 unspecified atom stereocenters. The van der Waals surface area contributed by atoms with Gasteiger partial charge in [-0.05, 0) is 12.1 Å². The molecule has 0 aliphatic rings. The summed E-state index contributed by atoms with van der Waals surface area (Å²) in [5.74, 6) is 0. The highest BCUT2D eigenvalue weighted by Gasteiger charge is 2.06. The Hall–Kier alpha value is -1.12. The molecule has 0 aliphatic carbocycles. The lowest BCUT2D eigenvalue weighted by molar-refractivity contribution is 0.112. The Balaban J connectivity index is 2.93. The summed E-state index contributed by atoms with van der Waals surface area (Å²) in [5.41, 5.74) is 0.476. The van der Waals surface area contributed by atoms with Gasteiger partial charge in [0.05, 0.1) is 5.02 Å². The van der Waals surface area contributed by atoms with E-state index in [2.05, 4.69) is 4.98 Å². The third-order valence-electron chi connectivity index (χ3n) is 1.93. The number of aromatic nitrogens is 1. The summed E-state index contributed by atoms with van der Waals surface area (Å²) >= 11 is 11.8. The maximum atomic E-state index is 10.7. The van der Waals surface area contributed by atoms with Crippen LogP contribution in [0, 0.1) is 0 Å². The lowest BCUT2D eigenvalue weighted by Crippen LogP contribution is -1.86. The smallest absolute Gasteiger partial charge is 0.152 e. The van der Waals surface area contributed by atoms with Gasteiger partial charge in [0, 0.05) is 33.8 Å². The van der Waals surface area contributed by atoms with Crippen LogP contribution in [0.3, 0.4) is 0 Å². The van der Waals surface area contributed by atoms with E-state index in [-0.39, 0.29) is 0 Å². The van der Waals surface area contributed by atoms with Crippen molar-refractivity contribution in [2.24, 2.45) is 0 Å². The molecular weight excluding hydrogens is 221 g/mol. The number of aldehydes is 1. The van der Waals surface area contributed by atoms with Crippen LogP contribution < -0.4 is 0 Å². The second-order valence-corrected chi connectivity index (χ2v) is 3.68. The van der Waals surface area contributed by atoms with Crippen LogP contribution in [0.2, 0.25) is 10.0 Å². The predicted molar refractivity (Wildman–Crippen MR) is 57.2 cm³/mol. The summed E-state index contributed by atoms with van der Waals surface area (Å²) in [4.78, 5) is 14.6.